The second kappa shape index (κ2) is 7.44. The summed E-state index contributed by atoms with van der Waals surface area (Å²) >= 11 is 0. The summed E-state index contributed by atoms with van der Waals surface area (Å²) in [5.41, 5.74) is 1.24. The highest BCUT2D eigenvalue weighted by molar-refractivity contribution is 5.77. The second-order valence-corrected chi connectivity index (χ2v) is 5.79. The average molecular weight is 275 g/mol. The molecule has 3 heteroatoms. The van der Waals surface area contributed by atoms with E-state index >= 15 is 0 Å². The minimum absolute atomic E-state index is 0.141. The Morgan fingerprint density at radius 2 is 1.90 bits per heavy atom. The number of hydrogen-bond donors (Lipinski definition) is 2. The van der Waals surface area contributed by atoms with Crippen LogP contribution in [0.3, 0.4) is 0 Å². The molecule has 1 fully saturated rings. The predicted octanol–water partition coefficient (Wildman–Crippen LogP) is 2.99. The largest absolute Gasteiger partial charge is 0.393 e. The number of benzene rings is 1. The molecule has 0 bridgehead atoms. The Morgan fingerprint density at radius 3 is 2.50 bits per heavy atom. The molecule has 1 atom stereocenters. The van der Waals surface area contributed by atoms with Gasteiger partial charge in [0.25, 0.3) is 0 Å². The van der Waals surface area contributed by atoms with E-state index in [-0.39, 0.29) is 18.1 Å². The van der Waals surface area contributed by atoms with Crippen molar-refractivity contribution in [2.24, 2.45) is 0 Å². The fourth-order valence-corrected chi connectivity index (χ4v) is 2.95. The first-order valence-corrected chi connectivity index (χ1v) is 7.71. The molecule has 1 saturated carbocycles. The van der Waals surface area contributed by atoms with Gasteiger partial charge in [-0.1, -0.05) is 37.3 Å². The van der Waals surface area contributed by atoms with Gasteiger partial charge in [0.1, 0.15) is 0 Å². The Bertz CT molecular complexity index is 410. The maximum atomic E-state index is 12.2. The minimum Gasteiger partial charge on any atom is -0.393 e. The lowest BCUT2D eigenvalue weighted by molar-refractivity contribution is -0.122. The van der Waals surface area contributed by atoms with Crippen LogP contribution in [0.1, 0.15) is 56.9 Å². The van der Waals surface area contributed by atoms with E-state index in [0.29, 0.717) is 12.3 Å². The molecule has 0 aliphatic heterocycles. The van der Waals surface area contributed by atoms with Crippen LogP contribution in [0.15, 0.2) is 30.3 Å². The minimum atomic E-state index is -0.170. The number of amides is 1. The van der Waals surface area contributed by atoms with Crippen LogP contribution in [0.5, 0.6) is 0 Å². The van der Waals surface area contributed by atoms with Crippen molar-refractivity contribution in [2.75, 3.05) is 0 Å². The van der Waals surface area contributed by atoms with E-state index in [1.165, 1.54) is 5.56 Å². The van der Waals surface area contributed by atoms with Gasteiger partial charge >= 0.3 is 0 Å². The van der Waals surface area contributed by atoms with Gasteiger partial charge in [-0.15, -0.1) is 0 Å². The topological polar surface area (TPSA) is 49.3 Å². The van der Waals surface area contributed by atoms with E-state index < -0.39 is 0 Å². The summed E-state index contributed by atoms with van der Waals surface area (Å²) in [7, 11) is 0. The van der Waals surface area contributed by atoms with Crippen molar-refractivity contribution in [3.8, 4) is 0 Å². The van der Waals surface area contributed by atoms with E-state index in [1.54, 1.807) is 0 Å². The predicted molar refractivity (Wildman–Crippen MR) is 80.5 cm³/mol. The Balaban J connectivity index is 1.84. The number of nitrogens with one attached hydrogen (secondary N) is 1. The zero-order valence-corrected chi connectivity index (χ0v) is 12.2. The number of carbonyl (C=O) groups is 1. The van der Waals surface area contributed by atoms with Gasteiger partial charge in [-0.25, -0.2) is 0 Å². The summed E-state index contributed by atoms with van der Waals surface area (Å²) in [6, 6.07) is 10.5. The van der Waals surface area contributed by atoms with E-state index in [9.17, 15) is 9.90 Å². The van der Waals surface area contributed by atoms with Crippen LogP contribution in [0.2, 0.25) is 0 Å². The van der Waals surface area contributed by atoms with E-state index in [0.717, 1.165) is 32.1 Å². The van der Waals surface area contributed by atoms with Crippen LogP contribution in [-0.4, -0.2) is 23.2 Å². The van der Waals surface area contributed by atoms with Crippen molar-refractivity contribution in [3.05, 3.63) is 35.9 Å². The number of carbonyl (C=O) groups excluding carboxylic acids is 1. The number of rotatable bonds is 5. The van der Waals surface area contributed by atoms with Gasteiger partial charge < -0.3 is 10.4 Å². The molecule has 2 N–H and O–H groups in total. The Labute approximate surface area is 121 Å². The van der Waals surface area contributed by atoms with Gasteiger partial charge in [0.2, 0.25) is 5.91 Å². The van der Waals surface area contributed by atoms with Gasteiger partial charge in [0, 0.05) is 12.5 Å². The molecule has 1 aliphatic rings. The molecule has 20 heavy (non-hydrogen) atoms. The fourth-order valence-electron chi connectivity index (χ4n) is 2.95. The molecule has 0 heterocycles. The summed E-state index contributed by atoms with van der Waals surface area (Å²) in [6.45, 7) is 2.13. The third-order valence-corrected chi connectivity index (χ3v) is 4.26. The van der Waals surface area contributed by atoms with Crippen LogP contribution in [0, 0.1) is 0 Å². The Hall–Kier alpha value is -1.35. The Morgan fingerprint density at radius 1 is 1.25 bits per heavy atom. The highest BCUT2D eigenvalue weighted by Crippen LogP contribution is 2.24. The number of hydrogen-bond acceptors (Lipinski definition) is 2. The van der Waals surface area contributed by atoms with Crippen molar-refractivity contribution >= 4 is 5.91 Å². The number of aliphatic hydroxyl groups is 1. The lowest BCUT2D eigenvalue weighted by Crippen LogP contribution is -2.39. The van der Waals surface area contributed by atoms with Crippen LogP contribution < -0.4 is 5.32 Å². The molecule has 1 amide bonds. The van der Waals surface area contributed by atoms with Gasteiger partial charge in [-0.2, -0.15) is 0 Å². The van der Waals surface area contributed by atoms with Crippen molar-refractivity contribution < 1.29 is 9.90 Å². The molecule has 3 nitrogen and oxygen atoms in total. The molecule has 0 saturated heterocycles. The van der Waals surface area contributed by atoms with Gasteiger partial charge in [-0.3, -0.25) is 4.79 Å². The van der Waals surface area contributed by atoms with Crippen molar-refractivity contribution in [2.45, 2.75) is 63.5 Å². The monoisotopic (exact) mass is 275 g/mol. The summed E-state index contributed by atoms with van der Waals surface area (Å²) in [4.78, 5) is 12.2. The number of aliphatic hydroxyl groups excluding tert-OH is 1. The van der Waals surface area contributed by atoms with E-state index in [1.807, 2.05) is 18.2 Å². The normalized spacial score (nSPS) is 24.1. The maximum absolute atomic E-state index is 12.2. The lowest BCUT2D eigenvalue weighted by atomic mass is 9.91. The quantitative estimate of drug-likeness (QED) is 0.868. The standard InChI is InChI=1S/C17H25NO2/c1-2-13(14-6-4-3-5-7-14)12-17(20)18-15-8-10-16(19)11-9-15/h3-7,13,15-16,19H,2,8-12H2,1H3,(H,18,20). The highest BCUT2D eigenvalue weighted by atomic mass is 16.3. The SMILES string of the molecule is CCC(CC(=O)NC1CCC(O)CC1)c1ccccc1. The molecule has 110 valence electrons. The Kier molecular flexibility index (Phi) is 5.60. The molecular formula is C17H25NO2. The highest BCUT2D eigenvalue weighted by Gasteiger charge is 2.22. The lowest BCUT2D eigenvalue weighted by Gasteiger charge is -2.27. The second-order valence-electron chi connectivity index (χ2n) is 5.79. The van der Waals surface area contributed by atoms with Crippen LogP contribution in [0.25, 0.3) is 0 Å². The maximum Gasteiger partial charge on any atom is 0.220 e. The summed E-state index contributed by atoms with van der Waals surface area (Å²) in [5, 5.41) is 12.6. The zero-order valence-electron chi connectivity index (χ0n) is 12.2. The third kappa shape index (κ3) is 4.34. The first-order valence-electron chi connectivity index (χ1n) is 7.71. The van der Waals surface area contributed by atoms with Crippen LogP contribution in [0.4, 0.5) is 0 Å². The molecule has 1 unspecified atom stereocenters. The summed E-state index contributed by atoms with van der Waals surface area (Å²) in [6.07, 6.45) is 4.77. The molecular weight excluding hydrogens is 250 g/mol. The van der Waals surface area contributed by atoms with E-state index in [4.69, 9.17) is 0 Å². The average Bonchev–Trinajstić information content (AvgIpc) is 2.48. The van der Waals surface area contributed by atoms with Crippen molar-refractivity contribution in [3.63, 3.8) is 0 Å². The molecule has 1 aliphatic carbocycles. The molecule has 1 aromatic rings. The summed E-state index contributed by atoms with van der Waals surface area (Å²) in [5.74, 6) is 0.437. The summed E-state index contributed by atoms with van der Waals surface area (Å²) < 4.78 is 0. The van der Waals surface area contributed by atoms with Gasteiger partial charge in [0.15, 0.2) is 0 Å². The fraction of sp³-hybridized carbons (Fsp3) is 0.588. The molecule has 1 aromatic carbocycles. The molecule has 2 rings (SSSR count). The zero-order chi connectivity index (χ0) is 14.4. The van der Waals surface area contributed by atoms with E-state index in [2.05, 4.69) is 24.4 Å². The van der Waals surface area contributed by atoms with Crippen molar-refractivity contribution in [1.29, 1.82) is 0 Å². The van der Waals surface area contributed by atoms with Crippen molar-refractivity contribution in [1.82, 2.24) is 5.32 Å². The smallest absolute Gasteiger partial charge is 0.220 e. The van der Waals surface area contributed by atoms with Crippen LogP contribution >= 0.6 is 0 Å². The molecule has 0 spiro atoms. The molecule has 0 aromatic heterocycles. The van der Waals surface area contributed by atoms with Crippen LogP contribution in [-0.2, 0) is 4.79 Å². The first-order chi connectivity index (χ1) is 9.69. The third-order valence-electron chi connectivity index (χ3n) is 4.26. The molecule has 0 radical (unpaired) electrons. The van der Waals surface area contributed by atoms with Gasteiger partial charge in [0.05, 0.1) is 6.10 Å². The first kappa shape index (κ1) is 15.0. The van der Waals surface area contributed by atoms with Gasteiger partial charge in [-0.05, 0) is 43.6 Å².